The van der Waals surface area contributed by atoms with Crippen LogP contribution in [0.25, 0.3) is 22.0 Å². The molecule has 0 unspecified atom stereocenters. The maximum absolute atomic E-state index is 9.60. The smallest absolute Gasteiger partial charge is 0.114 e. The molecule has 2 N–H and O–H groups in total. The lowest BCUT2D eigenvalue weighted by molar-refractivity contribution is 0.102. The Morgan fingerprint density at radius 1 is 0.912 bits per heavy atom. The Morgan fingerprint density at radius 3 is 2.18 bits per heavy atom. The summed E-state index contributed by atoms with van der Waals surface area (Å²) in [5, 5.41) is 19.9. The molecule has 4 aromatic rings. The highest BCUT2D eigenvalue weighted by Crippen LogP contribution is 2.35. The molecule has 0 aliphatic carbocycles. The molecule has 0 spiro atoms. The Hall–Kier alpha value is -3.16. The minimum Gasteiger partial charge on any atom is -0.396 e. The summed E-state index contributed by atoms with van der Waals surface area (Å²) >= 11 is 6.09. The molecule has 4 heteroatoms. The molecular weight excluding hydrogens is 442 g/mol. The zero-order valence-corrected chi connectivity index (χ0v) is 20.8. The van der Waals surface area contributed by atoms with Crippen molar-refractivity contribution in [3.63, 3.8) is 0 Å². The largest absolute Gasteiger partial charge is 0.396 e. The molecule has 0 amide bonds. The van der Waals surface area contributed by atoms with Crippen molar-refractivity contribution in [1.29, 1.82) is 0 Å². The molecule has 34 heavy (non-hydrogen) atoms. The van der Waals surface area contributed by atoms with Crippen LogP contribution in [0.1, 0.15) is 43.2 Å². The van der Waals surface area contributed by atoms with Crippen LogP contribution in [0, 0.1) is 18.8 Å². The predicted octanol–water partition coefficient (Wildman–Crippen LogP) is 6.58. The maximum Gasteiger partial charge on any atom is 0.114 e. The van der Waals surface area contributed by atoms with Gasteiger partial charge in [0.25, 0.3) is 0 Å². The number of hydrogen-bond donors (Lipinski definition) is 2. The van der Waals surface area contributed by atoms with Gasteiger partial charge in [-0.15, -0.1) is 0 Å². The van der Waals surface area contributed by atoms with Crippen LogP contribution in [0.3, 0.4) is 0 Å². The van der Waals surface area contributed by atoms with Gasteiger partial charge in [0.2, 0.25) is 0 Å². The Bertz CT molecular complexity index is 1310. The summed E-state index contributed by atoms with van der Waals surface area (Å²) < 4.78 is 0. The van der Waals surface area contributed by atoms with E-state index in [0.717, 1.165) is 44.4 Å². The second-order valence-corrected chi connectivity index (χ2v) is 9.51. The molecule has 1 heterocycles. The van der Waals surface area contributed by atoms with E-state index in [9.17, 15) is 5.11 Å². The van der Waals surface area contributed by atoms with Crippen molar-refractivity contribution in [2.45, 2.75) is 39.7 Å². The van der Waals surface area contributed by atoms with E-state index in [1.165, 1.54) is 0 Å². The van der Waals surface area contributed by atoms with Crippen molar-refractivity contribution < 1.29 is 10.2 Å². The zero-order valence-electron chi connectivity index (χ0n) is 20.1. The fourth-order valence-electron chi connectivity index (χ4n) is 3.56. The lowest BCUT2D eigenvalue weighted by atomic mass is 9.90. The molecule has 1 aromatic heterocycles. The van der Waals surface area contributed by atoms with E-state index < -0.39 is 5.60 Å². The van der Waals surface area contributed by atoms with Crippen LogP contribution in [-0.2, 0) is 6.42 Å². The van der Waals surface area contributed by atoms with Gasteiger partial charge < -0.3 is 10.2 Å². The summed E-state index contributed by atoms with van der Waals surface area (Å²) in [5.41, 5.74) is 6.50. The maximum atomic E-state index is 9.60. The second kappa shape index (κ2) is 11.3. The standard InChI is InChI=1S/C26H20ClNO.C4H10O/c1-18-17-25-24(14-13-22(28-25)12-7-19-5-3-2-4-6-19)26(23(18)15-16-29)20-8-10-21(27)11-9-20;1-4(2,3)5/h2-6,8-11,13-14,17,29H,15-16H2,1H3;5H,1-3H3. The molecule has 3 aromatic carbocycles. The van der Waals surface area contributed by atoms with Gasteiger partial charge in [-0.05, 0) is 105 Å². The van der Waals surface area contributed by atoms with Gasteiger partial charge in [0.05, 0.1) is 11.1 Å². The number of aliphatic hydroxyl groups excluding tert-OH is 1. The Labute approximate surface area is 207 Å². The number of rotatable bonds is 3. The van der Waals surface area contributed by atoms with Crippen molar-refractivity contribution in [3.05, 3.63) is 100 Å². The summed E-state index contributed by atoms with van der Waals surface area (Å²) in [7, 11) is 0. The molecule has 4 rings (SSSR count). The third-order valence-electron chi connectivity index (χ3n) is 4.93. The van der Waals surface area contributed by atoms with Gasteiger partial charge in [0, 0.05) is 22.6 Å². The minimum absolute atomic E-state index is 0.0982. The molecule has 0 fully saturated rings. The molecule has 0 saturated heterocycles. The van der Waals surface area contributed by atoms with Crippen molar-refractivity contribution in [2.24, 2.45) is 0 Å². The van der Waals surface area contributed by atoms with E-state index in [1.807, 2.05) is 60.7 Å². The highest BCUT2D eigenvalue weighted by atomic mass is 35.5. The number of aliphatic hydroxyl groups is 2. The van der Waals surface area contributed by atoms with Crippen LogP contribution in [0.15, 0.2) is 72.8 Å². The van der Waals surface area contributed by atoms with E-state index >= 15 is 0 Å². The number of aryl methyl sites for hydroxylation is 1. The SMILES string of the molecule is CC(C)(C)O.Cc1cc2nc(C#Cc3ccccc3)ccc2c(-c2ccc(Cl)cc2)c1CCO. The first-order valence-electron chi connectivity index (χ1n) is 11.2. The summed E-state index contributed by atoms with van der Waals surface area (Å²) in [6.07, 6.45) is 0.593. The zero-order chi connectivity index (χ0) is 24.7. The number of hydrogen-bond acceptors (Lipinski definition) is 3. The summed E-state index contributed by atoms with van der Waals surface area (Å²) in [6, 6.07) is 23.8. The summed E-state index contributed by atoms with van der Waals surface area (Å²) in [6.45, 7) is 7.39. The fraction of sp³-hybridized carbons (Fsp3) is 0.233. The Kier molecular flexibility index (Phi) is 8.47. The van der Waals surface area contributed by atoms with E-state index in [2.05, 4.69) is 30.9 Å². The molecule has 174 valence electrons. The van der Waals surface area contributed by atoms with E-state index in [0.29, 0.717) is 11.4 Å². The van der Waals surface area contributed by atoms with Crippen molar-refractivity contribution >= 4 is 22.5 Å². The number of nitrogens with zero attached hydrogens (tertiary/aromatic N) is 1. The number of aromatic nitrogens is 1. The summed E-state index contributed by atoms with van der Waals surface area (Å²) in [5.74, 6) is 6.32. The predicted molar refractivity (Wildman–Crippen MR) is 142 cm³/mol. The average Bonchev–Trinajstić information content (AvgIpc) is 2.78. The minimum atomic E-state index is -0.500. The van der Waals surface area contributed by atoms with Gasteiger partial charge in [-0.1, -0.05) is 47.9 Å². The van der Waals surface area contributed by atoms with Gasteiger partial charge in [-0.2, -0.15) is 0 Å². The van der Waals surface area contributed by atoms with Crippen LogP contribution in [0.5, 0.6) is 0 Å². The van der Waals surface area contributed by atoms with Crippen LogP contribution < -0.4 is 0 Å². The van der Waals surface area contributed by atoms with Gasteiger partial charge in [0.1, 0.15) is 5.69 Å². The quantitative estimate of drug-likeness (QED) is 0.332. The highest BCUT2D eigenvalue weighted by Gasteiger charge is 2.14. The molecule has 0 aliphatic heterocycles. The fourth-order valence-corrected chi connectivity index (χ4v) is 3.68. The molecule has 0 atom stereocenters. The molecule has 3 nitrogen and oxygen atoms in total. The van der Waals surface area contributed by atoms with Crippen LogP contribution >= 0.6 is 11.6 Å². The lowest BCUT2D eigenvalue weighted by Crippen LogP contribution is -2.10. The third-order valence-corrected chi connectivity index (χ3v) is 5.18. The van der Waals surface area contributed by atoms with Crippen LogP contribution in [-0.4, -0.2) is 27.4 Å². The highest BCUT2D eigenvalue weighted by molar-refractivity contribution is 6.30. The van der Waals surface area contributed by atoms with Gasteiger partial charge >= 0.3 is 0 Å². The first-order chi connectivity index (χ1) is 16.2. The van der Waals surface area contributed by atoms with Crippen molar-refractivity contribution in [1.82, 2.24) is 4.98 Å². The number of benzene rings is 3. The second-order valence-electron chi connectivity index (χ2n) is 9.08. The summed E-state index contributed by atoms with van der Waals surface area (Å²) in [4.78, 5) is 4.79. The van der Waals surface area contributed by atoms with Crippen molar-refractivity contribution in [2.75, 3.05) is 6.61 Å². The number of halogens is 1. The van der Waals surface area contributed by atoms with Crippen molar-refractivity contribution in [3.8, 4) is 23.0 Å². The molecule has 0 saturated carbocycles. The Morgan fingerprint density at radius 2 is 1.56 bits per heavy atom. The molecule has 0 radical (unpaired) electrons. The van der Waals surface area contributed by atoms with Gasteiger partial charge in [-0.25, -0.2) is 4.98 Å². The van der Waals surface area contributed by atoms with E-state index in [-0.39, 0.29) is 6.61 Å². The monoisotopic (exact) mass is 471 g/mol. The van der Waals surface area contributed by atoms with Crippen LogP contribution in [0.2, 0.25) is 5.02 Å². The van der Waals surface area contributed by atoms with Gasteiger partial charge in [-0.3, -0.25) is 0 Å². The number of fused-ring (bicyclic) bond motifs is 1. The van der Waals surface area contributed by atoms with E-state index in [1.54, 1.807) is 20.8 Å². The topological polar surface area (TPSA) is 53.4 Å². The number of pyridine rings is 1. The van der Waals surface area contributed by atoms with Gasteiger partial charge in [0.15, 0.2) is 0 Å². The van der Waals surface area contributed by atoms with E-state index in [4.69, 9.17) is 21.7 Å². The third kappa shape index (κ3) is 7.17. The average molecular weight is 472 g/mol. The first kappa shape index (κ1) is 25.5. The first-order valence-corrected chi connectivity index (χ1v) is 11.6. The molecule has 0 aliphatic rings. The van der Waals surface area contributed by atoms with Crippen LogP contribution in [0.4, 0.5) is 0 Å². The molecular formula is C30H30ClNO2. The Balaban J connectivity index is 0.000000588. The normalized spacial score (nSPS) is 10.8. The molecule has 0 bridgehead atoms. The lowest BCUT2D eigenvalue weighted by Gasteiger charge is -2.16.